The summed E-state index contributed by atoms with van der Waals surface area (Å²) >= 11 is 0. The SMILES string of the molecule is NC1(CC2CCCO2)CCC(c2ccccc2)CC1. The molecule has 1 saturated heterocycles. The summed E-state index contributed by atoms with van der Waals surface area (Å²) in [6.07, 6.45) is 8.67. The summed E-state index contributed by atoms with van der Waals surface area (Å²) in [6, 6.07) is 10.9. The molecule has 2 N–H and O–H groups in total. The van der Waals surface area contributed by atoms with Crippen LogP contribution in [0.5, 0.6) is 0 Å². The van der Waals surface area contributed by atoms with Crippen molar-refractivity contribution in [3.8, 4) is 0 Å². The molecule has 2 nitrogen and oxygen atoms in total. The fourth-order valence-corrected chi connectivity index (χ4v) is 3.71. The van der Waals surface area contributed by atoms with Crippen LogP contribution in [-0.4, -0.2) is 18.2 Å². The summed E-state index contributed by atoms with van der Waals surface area (Å²) in [5.74, 6) is 0.711. The van der Waals surface area contributed by atoms with Crippen LogP contribution in [0.15, 0.2) is 30.3 Å². The molecule has 0 bridgehead atoms. The largest absolute Gasteiger partial charge is 0.378 e. The van der Waals surface area contributed by atoms with Crippen molar-refractivity contribution in [1.29, 1.82) is 0 Å². The Morgan fingerprint density at radius 3 is 2.47 bits per heavy atom. The van der Waals surface area contributed by atoms with Crippen molar-refractivity contribution < 1.29 is 4.74 Å². The Labute approximate surface area is 116 Å². The number of rotatable bonds is 3. The first-order chi connectivity index (χ1) is 9.25. The maximum Gasteiger partial charge on any atom is 0.0593 e. The Kier molecular flexibility index (Phi) is 3.90. The van der Waals surface area contributed by atoms with Crippen LogP contribution in [0.1, 0.15) is 56.4 Å². The molecule has 0 aromatic heterocycles. The van der Waals surface area contributed by atoms with Crippen LogP contribution >= 0.6 is 0 Å². The zero-order chi connectivity index (χ0) is 13.1. The van der Waals surface area contributed by atoms with E-state index in [4.69, 9.17) is 10.5 Å². The Morgan fingerprint density at radius 2 is 1.84 bits per heavy atom. The van der Waals surface area contributed by atoms with E-state index >= 15 is 0 Å². The molecular weight excluding hydrogens is 234 g/mol. The van der Waals surface area contributed by atoms with E-state index in [1.807, 2.05) is 0 Å². The lowest BCUT2D eigenvalue weighted by molar-refractivity contribution is 0.0726. The first-order valence-corrected chi connectivity index (χ1v) is 7.71. The molecule has 1 saturated carbocycles. The van der Waals surface area contributed by atoms with Crippen LogP contribution in [-0.2, 0) is 4.74 Å². The molecule has 19 heavy (non-hydrogen) atoms. The standard InChI is InChI=1S/C17H25NO/c18-17(13-16-7-4-12-19-16)10-8-15(9-11-17)14-5-2-1-3-6-14/h1-3,5-6,15-16H,4,7-13,18H2. The summed E-state index contributed by atoms with van der Waals surface area (Å²) in [5, 5.41) is 0. The molecule has 1 heterocycles. The molecule has 0 amide bonds. The lowest BCUT2D eigenvalue weighted by Gasteiger charge is -2.38. The van der Waals surface area contributed by atoms with Gasteiger partial charge in [0.2, 0.25) is 0 Å². The van der Waals surface area contributed by atoms with Crippen LogP contribution in [0.3, 0.4) is 0 Å². The monoisotopic (exact) mass is 259 g/mol. The molecule has 2 fully saturated rings. The van der Waals surface area contributed by atoms with E-state index in [0.717, 1.165) is 25.9 Å². The molecule has 2 aliphatic rings. The van der Waals surface area contributed by atoms with Crippen molar-refractivity contribution in [2.45, 2.75) is 62.5 Å². The molecule has 1 aliphatic carbocycles. The summed E-state index contributed by atoms with van der Waals surface area (Å²) in [6.45, 7) is 0.938. The fraction of sp³-hybridized carbons (Fsp3) is 0.647. The lowest BCUT2D eigenvalue weighted by Crippen LogP contribution is -2.45. The van der Waals surface area contributed by atoms with Crippen molar-refractivity contribution in [2.75, 3.05) is 6.61 Å². The second kappa shape index (κ2) is 5.64. The van der Waals surface area contributed by atoms with Gasteiger partial charge < -0.3 is 10.5 Å². The Hall–Kier alpha value is -0.860. The minimum Gasteiger partial charge on any atom is -0.378 e. The average molecular weight is 259 g/mol. The van der Waals surface area contributed by atoms with Gasteiger partial charge in [0, 0.05) is 12.1 Å². The van der Waals surface area contributed by atoms with Gasteiger partial charge in [0.05, 0.1) is 6.10 Å². The van der Waals surface area contributed by atoms with Gasteiger partial charge in [-0.15, -0.1) is 0 Å². The molecule has 0 spiro atoms. The summed E-state index contributed by atoms with van der Waals surface area (Å²) < 4.78 is 5.75. The van der Waals surface area contributed by atoms with E-state index in [-0.39, 0.29) is 5.54 Å². The van der Waals surface area contributed by atoms with Crippen molar-refractivity contribution in [3.05, 3.63) is 35.9 Å². The number of ether oxygens (including phenoxy) is 1. The van der Waals surface area contributed by atoms with Crippen LogP contribution in [0, 0.1) is 0 Å². The topological polar surface area (TPSA) is 35.2 Å². The average Bonchev–Trinajstić information content (AvgIpc) is 2.93. The summed E-state index contributed by atoms with van der Waals surface area (Å²) in [4.78, 5) is 0. The Morgan fingerprint density at radius 1 is 1.11 bits per heavy atom. The maximum atomic E-state index is 6.60. The van der Waals surface area contributed by atoms with Crippen molar-refractivity contribution in [3.63, 3.8) is 0 Å². The van der Waals surface area contributed by atoms with E-state index in [1.54, 1.807) is 0 Å². The normalized spacial score (nSPS) is 35.4. The minimum absolute atomic E-state index is 0.0281. The van der Waals surface area contributed by atoms with Crippen LogP contribution in [0.2, 0.25) is 0 Å². The highest BCUT2D eigenvalue weighted by Gasteiger charge is 2.35. The van der Waals surface area contributed by atoms with Crippen LogP contribution in [0.25, 0.3) is 0 Å². The highest BCUT2D eigenvalue weighted by atomic mass is 16.5. The third-order valence-electron chi connectivity index (χ3n) is 4.91. The van der Waals surface area contributed by atoms with Gasteiger partial charge >= 0.3 is 0 Å². The van der Waals surface area contributed by atoms with E-state index in [1.165, 1.54) is 31.2 Å². The van der Waals surface area contributed by atoms with Crippen molar-refractivity contribution in [1.82, 2.24) is 0 Å². The third-order valence-corrected chi connectivity index (χ3v) is 4.91. The summed E-state index contributed by atoms with van der Waals surface area (Å²) in [7, 11) is 0. The summed E-state index contributed by atoms with van der Waals surface area (Å²) in [5.41, 5.74) is 8.11. The first-order valence-electron chi connectivity index (χ1n) is 7.71. The number of hydrogen-bond donors (Lipinski definition) is 1. The molecule has 1 atom stereocenters. The first kappa shape index (κ1) is 13.1. The van der Waals surface area contributed by atoms with Gasteiger partial charge in [-0.2, -0.15) is 0 Å². The van der Waals surface area contributed by atoms with Gasteiger partial charge in [-0.1, -0.05) is 30.3 Å². The maximum absolute atomic E-state index is 6.60. The van der Waals surface area contributed by atoms with Crippen molar-refractivity contribution in [2.24, 2.45) is 5.73 Å². The smallest absolute Gasteiger partial charge is 0.0593 e. The number of benzene rings is 1. The molecular formula is C17H25NO. The highest BCUT2D eigenvalue weighted by Crippen LogP contribution is 2.39. The molecule has 1 aromatic rings. The van der Waals surface area contributed by atoms with Gasteiger partial charge in [0.25, 0.3) is 0 Å². The zero-order valence-electron chi connectivity index (χ0n) is 11.7. The third kappa shape index (κ3) is 3.18. The van der Waals surface area contributed by atoms with Gasteiger partial charge in [-0.05, 0) is 56.4 Å². The predicted molar refractivity (Wildman–Crippen MR) is 78.2 cm³/mol. The molecule has 3 rings (SSSR count). The molecule has 2 heteroatoms. The second-order valence-electron chi connectivity index (χ2n) is 6.39. The molecule has 1 unspecified atom stereocenters. The van der Waals surface area contributed by atoms with Gasteiger partial charge in [-0.3, -0.25) is 0 Å². The number of hydrogen-bond acceptors (Lipinski definition) is 2. The molecule has 0 radical (unpaired) electrons. The Bertz CT molecular complexity index is 389. The Balaban J connectivity index is 1.56. The van der Waals surface area contributed by atoms with Crippen LogP contribution < -0.4 is 5.73 Å². The zero-order valence-corrected chi connectivity index (χ0v) is 11.7. The van der Waals surface area contributed by atoms with E-state index in [0.29, 0.717) is 12.0 Å². The van der Waals surface area contributed by atoms with Crippen LogP contribution in [0.4, 0.5) is 0 Å². The van der Waals surface area contributed by atoms with Gasteiger partial charge in [0.15, 0.2) is 0 Å². The molecule has 104 valence electrons. The van der Waals surface area contributed by atoms with E-state index < -0.39 is 0 Å². The molecule has 1 aromatic carbocycles. The van der Waals surface area contributed by atoms with Crippen molar-refractivity contribution >= 4 is 0 Å². The van der Waals surface area contributed by atoms with E-state index in [9.17, 15) is 0 Å². The lowest BCUT2D eigenvalue weighted by atomic mass is 9.72. The quantitative estimate of drug-likeness (QED) is 0.900. The van der Waals surface area contributed by atoms with Gasteiger partial charge in [-0.25, -0.2) is 0 Å². The second-order valence-corrected chi connectivity index (χ2v) is 6.39. The molecule has 1 aliphatic heterocycles. The van der Waals surface area contributed by atoms with E-state index in [2.05, 4.69) is 30.3 Å². The van der Waals surface area contributed by atoms with Gasteiger partial charge in [0.1, 0.15) is 0 Å². The predicted octanol–water partition coefficient (Wildman–Crippen LogP) is 3.61. The highest BCUT2D eigenvalue weighted by molar-refractivity contribution is 5.20. The number of nitrogens with two attached hydrogens (primary N) is 1. The minimum atomic E-state index is 0.0281. The fourth-order valence-electron chi connectivity index (χ4n) is 3.71.